The van der Waals surface area contributed by atoms with Crippen molar-refractivity contribution >= 4 is 45.4 Å². The van der Waals surface area contributed by atoms with Crippen LogP contribution in [-0.2, 0) is 4.79 Å². The average molecular weight is 431 g/mol. The number of nitrogens with zero attached hydrogens (tertiary/aromatic N) is 3. The molecule has 6 nitrogen and oxygen atoms in total. The van der Waals surface area contributed by atoms with Gasteiger partial charge in [0.1, 0.15) is 0 Å². The zero-order valence-electron chi connectivity index (χ0n) is 17.2. The van der Waals surface area contributed by atoms with Crippen LogP contribution in [-0.4, -0.2) is 54.3 Å². The lowest BCUT2D eigenvalue weighted by Gasteiger charge is -2.34. The number of benzene rings is 2. The SMILES string of the molecule is CN1CCN(c2ccc(-c3nccc4ccc(C=C5SC(=O)NC5=O)cc34)cc2)CC1. The molecule has 3 aromatic rings. The summed E-state index contributed by atoms with van der Waals surface area (Å²) in [6.07, 6.45) is 3.57. The van der Waals surface area contributed by atoms with Crippen LogP contribution in [0.4, 0.5) is 10.5 Å². The molecule has 3 heterocycles. The van der Waals surface area contributed by atoms with E-state index in [9.17, 15) is 9.59 Å². The molecule has 2 fully saturated rings. The molecule has 0 spiro atoms. The van der Waals surface area contributed by atoms with Crippen LogP contribution in [0.25, 0.3) is 28.1 Å². The van der Waals surface area contributed by atoms with Crippen LogP contribution >= 0.6 is 11.8 Å². The molecule has 156 valence electrons. The lowest BCUT2D eigenvalue weighted by atomic mass is 10.0. The van der Waals surface area contributed by atoms with E-state index in [1.54, 1.807) is 6.08 Å². The second-order valence-electron chi connectivity index (χ2n) is 7.83. The van der Waals surface area contributed by atoms with Crippen LogP contribution in [0.15, 0.2) is 59.6 Å². The molecule has 1 aromatic heterocycles. The maximum Gasteiger partial charge on any atom is 0.290 e. The van der Waals surface area contributed by atoms with Crippen LogP contribution in [0.5, 0.6) is 0 Å². The zero-order valence-corrected chi connectivity index (χ0v) is 18.0. The minimum Gasteiger partial charge on any atom is -0.369 e. The normalized spacial score (nSPS) is 18.7. The van der Waals surface area contributed by atoms with Crippen molar-refractivity contribution in [1.29, 1.82) is 0 Å². The van der Waals surface area contributed by atoms with Gasteiger partial charge in [-0.05, 0) is 60.1 Å². The monoisotopic (exact) mass is 430 g/mol. The smallest absolute Gasteiger partial charge is 0.290 e. The number of hydrogen-bond acceptors (Lipinski definition) is 6. The van der Waals surface area contributed by atoms with Crippen LogP contribution in [0, 0.1) is 0 Å². The predicted octanol–water partition coefficient (Wildman–Crippen LogP) is 3.98. The van der Waals surface area contributed by atoms with Crippen molar-refractivity contribution in [3.05, 3.63) is 65.2 Å². The Kier molecular flexibility index (Phi) is 5.21. The van der Waals surface area contributed by atoms with Crippen molar-refractivity contribution in [3.63, 3.8) is 0 Å². The van der Waals surface area contributed by atoms with Crippen LogP contribution in [0.2, 0.25) is 0 Å². The number of nitrogens with one attached hydrogen (secondary N) is 1. The Hall–Kier alpha value is -3.16. The molecule has 31 heavy (non-hydrogen) atoms. The van der Waals surface area contributed by atoms with E-state index in [2.05, 4.69) is 51.4 Å². The summed E-state index contributed by atoms with van der Waals surface area (Å²) < 4.78 is 0. The van der Waals surface area contributed by atoms with Crippen molar-refractivity contribution in [2.75, 3.05) is 38.1 Å². The summed E-state index contributed by atoms with van der Waals surface area (Å²) in [6.45, 7) is 4.22. The third-order valence-corrected chi connectivity index (χ3v) is 6.55. The number of amides is 2. The number of piperazine rings is 1. The summed E-state index contributed by atoms with van der Waals surface area (Å²) in [7, 11) is 2.16. The maximum atomic E-state index is 11.9. The number of carbonyl (C=O) groups is 2. The van der Waals surface area contributed by atoms with E-state index < -0.39 is 0 Å². The van der Waals surface area contributed by atoms with Gasteiger partial charge < -0.3 is 9.80 Å². The van der Waals surface area contributed by atoms with Gasteiger partial charge in [0.05, 0.1) is 10.6 Å². The van der Waals surface area contributed by atoms with E-state index in [0.717, 1.165) is 65.5 Å². The molecule has 0 atom stereocenters. The second kappa shape index (κ2) is 8.17. The van der Waals surface area contributed by atoms with Gasteiger partial charge in [0.2, 0.25) is 0 Å². The number of likely N-dealkylation sites (N-methyl/N-ethyl adjacent to an activating group) is 1. The number of thioether (sulfide) groups is 1. The van der Waals surface area contributed by atoms with Gasteiger partial charge in [0, 0.05) is 49.0 Å². The van der Waals surface area contributed by atoms with Crippen LogP contribution in [0.3, 0.4) is 0 Å². The van der Waals surface area contributed by atoms with Crippen molar-refractivity contribution in [2.24, 2.45) is 0 Å². The molecule has 0 unspecified atom stereocenters. The Bertz CT molecular complexity index is 1200. The van der Waals surface area contributed by atoms with Gasteiger partial charge in [0.25, 0.3) is 11.1 Å². The standard InChI is InChI=1S/C24H22N4O2S/c1-27-10-12-28(13-11-27)19-6-4-18(5-7-19)22-20-14-16(2-3-17(20)8-9-25-22)15-21-23(29)26-24(30)31-21/h2-9,14-15H,10-13H2,1H3,(H,26,29,30). The first kappa shape index (κ1) is 19.8. The van der Waals surface area contributed by atoms with Gasteiger partial charge in [-0.1, -0.05) is 24.3 Å². The average Bonchev–Trinajstić information content (AvgIpc) is 3.10. The zero-order chi connectivity index (χ0) is 21.4. The van der Waals surface area contributed by atoms with Gasteiger partial charge in [-0.15, -0.1) is 0 Å². The highest BCUT2D eigenvalue weighted by Gasteiger charge is 2.25. The fourth-order valence-electron chi connectivity index (χ4n) is 3.97. The Labute approximate surface area is 184 Å². The molecule has 0 aliphatic carbocycles. The van der Waals surface area contributed by atoms with Crippen LogP contribution < -0.4 is 10.2 Å². The molecule has 2 aromatic carbocycles. The summed E-state index contributed by atoms with van der Waals surface area (Å²) >= 11 is 0.928. The Morgan fingerprint density at radius 3 is 2.48 bits per heavy atom. The van der Waals surface area contributed by atoms with E-state index in [4.69, 9.17) is 0 Å². The first-order valence-electron chi connectivity index (χ1n) is 10.2. The summed E-state index contributed by atoms with van der Waals surface area (Å²) in [6, 6.07) is 16.6. The third kappa shape index (κ3) is 4.06. The van der Waals surface area contributed by atoms with E-state index in [1.807, 2.05) is 30.5 Å². The molecule has 2 saturated heterocycles. The van der Waals surface area contributed by atoms with E-state index in [1.165, 1.54) is 5.69 Å². The molecular weight excluding hydrogens is 408 g/mol. The molecule has 5 rings (SSSR count). The highest BCUT2D eigenvalue weighted by atomic mass is 32.2. The van der Waals surface area contributed by atoms with Crippen molar-refractivity contribution in [2.45, 2.75) is 0 Å². The lowest BCUT2D eigenvalue weighted by Crippen LogP contribution is -2.44. The molecule has 1 N–H and O–H groups in total. The van der Waals surface area contributed by atoms with Crippen LogP contribution in [0.1, 0.15) is 5.56 Å². The number of aromatic nitrogens is 1. The number of pyridine rings is 1. The highest BCUT2D eigenvalue weighted by Crippen LogP contribution is 2.31. The minimum absolute atomic E-state index is 0.333. The van der Waals surface area contributed by atoms with Crippen molar-refractivity contribution in [3.8, 4) is 11.3 Å². The first-order chi connectivity index (χ1) is 15.1. The summed E-state index contributed by atoms with van der Waals surface area (Å²) in [4.78, 5) is 33.1. The number of rotatable bonds is 3. The number of anilines is 1. The maximum absolute atomic E-state index is 11.9. The van der Waals surface area contributed by atoms with E-state index in [-0.39, 0.29) is 11.1 Å². The third-order valence-electron chi connectivity index (χ3n) is 5.74. The number of imide groups is 1. The largest absolute Gasteiger partial charge is 0.369 e. The molecule has 0 saturated carbocycles. The molecule has 0 bridgehead atoms. The molecular formula is C24H22N4O2S. The van der Waals surface area contributed by atoms with Gasteiger partial charge in [0.15, 0.2) is 0 Å². The number of fused-ring (bicyclic) bond motifs is 1. The quantitative estimate of drug-likeness (QED) is 0.634. The van der Waals surface area contributed by atoms with Gasteiger partial charge in [-0.3, -0.25) is 19.9 Å². The topological polar surface area (TPSA) is 65.5 Å². The fourth-order valence-corrected chi connectivity index (χ4v) is 4.66. The van der Waals surface area contributed by atoms with Crippen molar-refractivity contribution in [1.82, 2.24) is 15.2 Å². The number of hydrogen-bond donors (Lipinski definition) is 1. The molecule has 7 heteroatoms. The molecule has 0 radical (unpaired) electrons. The molecule has 2 aliphatic rings. The molecule has 2 aliphatic heterocycles. The molecule has 2 amide bonds. The summed E-state index contributed by atoms with van der Waals surface area (Å²) in [5, 5.41) is 4.05. The Balaban J connectivity index is 1.47. The summed E-state index contributed by atoms with van der Waals surface area (Å²) in [5.74, 6) is -0.346. The van der Waals surface area contributed by atoms with Gasteiger partial charge in [-0.25, -0.2) is 0 Å². The summed E-state index contributed by atoms with van der Waals surface area (Å²) in [5.41, 5.74) is 4.05. The lowest BCUT2D eigenvalue weighted by molar-refractivity contribution is -0.115. The Morgan fingerprint density at radius 1 is 1.00 bits per heavy atom. The van der Waals surface area contributed by atoms with E-state index >= 15 is 0 Å². The highest BCUT2D eigenvalue weighted by molar-refractivity contribution is 8.18. The van der Waals surface area contributed by atoms with E-state index in [0.29, 0.717) is 4.91 Å². The predicted molar refractivity (Wildman–Crippen MR) is 126 cm³/mol. The fraction of sp³-hybridized carbons (Fsp3) is 0.208. The Morgan fingerprint density at radius 2 is 1.77 bits per heavy atom. The first-order valence-corrected chi connectivity index (χ1v) is 11.1. The number of carbonyl (C=O) groups excluding carboxylic acids is 2. The van der Waals surface area contributed by atoms with Gasteiger partial charge >= 0.3 is 0 Å². The van der Waals surface area contributed by atoms with Crippen molar-refractivity contribution < 1.29 is 9.59 Å². The van der Waals surface area contributed by atoms with Gasteiger partial charge in [-0.2, -0.15) is 0 Å². The minimum atomic E-state index is -0.346. The second-order valence-corrected chi connectivity index (χ2v) is 8.84.